The predicted octanol–water partition coefficient (Wildman–Crippen LogP) is 1.42. The zero-order chi connectivity index (χ0) is 36.7. The average Bonchev–Trinajstić information content (AvgIpc) is 3.82. The van der Waals surface area contributed by atoms with Gasteiger partial charge in [-0.1, -0.05) is 36.4 Å². The lowest BCUT2D eigenvalue weighted by molar-refractivity contribution is -0.156. The van der Waals surface area contributed by atoms with Gasteiger partial charge in [0.15, 0.2) is 0 Å². The molecule has 5 heterocycles. The second kappa shape index (κ2) is 15.6. The monoisotopic (exact) mass is 708 g/mol. The Morgan fingerprint density at radius 3 is 1.96 bits per heavy atom. The third-order valence-corrected chi connectivity index (χ3v) is 6.97. The van der Waals surface area contributed by atoms with Crippen LogP contribution >= 0.6 is 0 Å². The van der Waals surface area contributed by atoms with Crippen LogP contribution in [0.25, 0.3) is 0 Å². The van der Waals surface area contributed by atoms with Crippen LogP contribution in [0.15, 0.2) is 54.6 Å². The lowest BCUT2D eigenvalue weighted by Crippen LogP contribution is -2.38. The Balaban J connectivity index is 0.000000174. The Bertz CT molecular complexity index is 1790. The third kappa shape index (κ3) is 9.76. The van der Waals surface area contributed by atoms with Crippen LogP contribution in [0.1, 0.15) is 56.0 Å². The van der Waals surface area contributed by atoms with Gasteiger partial charge in [-0.15, -0.1) is 0 Å². The maximum absolute atomic E-state index is 11.4. The summed E-state index contributed by atoms with van der Waals surface area (Å²) in [6, 6.07) is 12.1. The lowest BCUT2D eigenvalue weighted by atomic mass is 9.77. The van der Waals surface area contributed by atoms with Crippen LogP contribution in [-0.4, -0.2) is 87.8 Å². The molecule has 18 nitrogen and oxygen atoms in total. The highest BCUT2D eigenvalue weighted by molar-refractivity contribution is 7.79. The molecule has 2 aromatic carbocycles. The van der Waals surface area contributed by atoms with Crippen molar-refractivity contribution in [1.29, 1.82) is 0 Å². The minimum Gasteiger partial charge on any atom is -0.481 e. The van der Waals surface area contributed by atoms with E-state index in [0.29, 0.717) is 17.7 Å². The number of carbonyl (C=O) groups excluding carboxylic acids is 5. The van der Waals surface area contributed by atoms with E-state index in [-0.39, 0.29) is 30.3 Å². The van der Waals surface area contributed by atoms with E-state index in [9.17, 15) is 33.6 Å². The molecule has 0 amide bonds. The number of aromatic carboxylic acids is 1. The topological polar surface area (TPSA) is 281 Å². The SMILES string of the molecule is CC(=O)OC(C)=O.O=C(O)C1C2C(=O)OC[C@]23C=C[C@H]1O3.O=C(O)c1cccc2c1C(=O)OC2.O=C1OCc2ccccc21.O=S(=O)(O)O. The summed E-state index contributed by atoms with van der Waals surface area (Å²) in [6.07, 6.45) is 2.99. The second-order valence-corrected chi connectivity index (χ2v) is 11.2. The van der Waals surface area contributed by atoms with E-state index in [2.05, 4.69) is 4.74 Å². The van der Waals surface area contributed by atoms with Crippen molar-refractivity contribution >= 4 is 52.2 Å². The number of carbonyl (C=O) groups is 7. The number of fused-ring (bicyclic) bond motifs is 3. The maximum atomic E-state index is 11.4. The van der Waals surface area contributed by atoms with E-state index < -0.39 is 69.8 Å². The number of hydrogen-bond donors (Lipinski definition) is 4. The Morgan fingerprint density at radius 2 is 1.41 bits per heavy atom. The van der Waals surface area contributed by atoms with Crippen molar-refractivity contribution in [2.45, 2.75) is 38.8 Å². The smallest absolute Gasteiger partial charge is 0.394 e. The van der Waals surface area contributed by atoms with Crippen molar-refractivity contribution in [1.82, 2.24) is 0 Å². The van der Waals surface area contributed by atoms with Gasteiger partial charge in [0, 0.05) is 25.0 Å². The molecule has 0 aliphatic carbocycles. The third-order valence-electron chi connectivity index (χ3n) is 6.97. The number of ether oxygens (including phenoxy) is 5. The maximum Gasteiger partial charge on any atom is 0.394 e. The molecule has 19 heteroatoms. The van der Waals surface area contributed by atoms with Gasteiger partial charge in [0.25, 0.3) is 0 Å². The van der Waals surface area contributed by atoms with E-state index in [0.717, 1.165) is 5.56 Å². The molecule has 49 heavy (non-hydrogen) atoms. The van der Waals surface area contributed by atoms with Crippen LogP contribution < -0.4 is 0 Å². The first-order valence-electron chi connectivity index (χ1n) is 13.8. The number of rotatable bonds is 2. The summed E-state index contributed by atoms with van der Waals surface area (Å²) in [5.41, 5.74) is 1.76. The molecule has 0 aromatic heterocycles. The molecule has 5 aliphatic rings. The summed E-state index contributed by atoms with van der Waals surface area (Å²) in [5, 5.41) is 17.7. The van der Waals surface area contributed by atoms with Gasteiger partial charge in [-0.05, 0) is 18.2 Å². The standard InChI is InChI=1S/C9H8O5.C9H6O4.C8H6O2.C4H6O3.H2O4S/c10-7(11)5-4-1-2-9(14-4)3-13-8(12)6(5)9;10-8(11)6-3-1-2-5-4-13-9(12)7(5)6;9-8-7-4-2-1-3-6(7)5-10-8;1-3(5)7-4(2)6;1-5(2,3)4/h1-2,4-6H,3H2,(H,10,11);1-3H,4H2,(H,10,11);1-4H,5H2;1-2H3;(H2,1,2,3,4)/t4-,5?,6?,9-;;;;/m1..../s1. The Kier molecular flexibility index (Phi) is 12.1. The largest absolute Gasteiger partial charge is 0.481 e. The van der Waals surface area contributed by atoms with Crippen LogP contribution in [0.4, 0.5) is 0 Å². The second-order valence-electron chi connectivity index (χ2n) is 10.3. The minimum atomic E-state index is -4.67. The molecule has 262 valence electrons. The molecule has 7 rings (SSSR count). The molecule has 5 aliphatic heterocycles. The highest BCUT2D eigenvalue weighted by Gasteiger charge is 2.66. The molecule has 2 bridgehead atoms. The Morgan fingerprint density at radius 1 is 0.837 bits per heavy atom. The molecule has 2 aromatic rings. The van der Waals surface area contributed by atoms with Gasteiger partial charge in [0.05, 0.1) is 22.8 Å². The van der Waals surface area contributed by atoms with Gasteiger partial charge in [0.2, 0.25) is 0 Å². The molecular weight excluding hydrogens is 680 g/mol. The van der Waals surface area contributed by atoms with Crippen LogP contribution in [0.3, 0.4) is 0 Å². The first-order valence-corrected chi connectivity index (χ1v) is 15.2. The highest BCUT2D eigenvalue weighted by atomic mass is 32.3. The summed E-state index contributed by atoms with van der Waals surface area (Å²) in [6.45, 7) is 3.13. The molecule has 2 unspecified atom stereocenters. The van der Waals surface area contributed by atoms with Crippen LogP contribution in [0.5, 0.6) is 0 Å². The minimum absolute atomic E-state index is 0.0139. The zero-order valence-corrected chi connectivity index (χ0v) is 26.3. The van der Waals surface area contributed by atoms with Crippen molar-refractivity contribution < 1.29 is 85.0 Å². The van der Waals surface area contributed by atoms with Crippen molar-refractivity contribution in [3.63, 3.8) is 0 Å². The van der Waals surface area contributed by atoms with Crippen molar-refractivity contribution in [3.05, 3.63) is 82.4 Å². The summed E-state index contributed by atoms with van der Waals surface area (Å²) in [4.78, 5) is 74.6. The zero-order valence-electron chi connectivity index (χ0n) is 25.5. The number of carboxylic acids is 2. The van der Waals surface area contributed by atoms with Crippen molar-refractivity contribution in [2.75, 3.05) is 6.61 Å². The summed E-state index contributed by atoms with van der Waals surface area (Å²) < 4.78 is 55.4. The summed E-state index contributed by atoms with van der Waals surface area (Å²) >= 11 is 0. The van der Waals surface area contributed by atoms with E-state index in [1.165, 1.54) is 19.9 Å². The normalized spacial score (nSPS) is 22.6. The van der Waals surface area contributed by atoms with Gasteiger partial charge in [-0.25, -0.2) is 14.4 Å². The molecular formula is C30H28O18S. The first-order chi connectivity index (χ1) is 22.8. The number of benzene rings is 2. The Hall–Kier alpha value is -5.50. The molecule has 2 fully saturated rings. The molecule has 0 radical (unpaired) electrons. The van der Waals surface area contributed by atoms with Crippen molar-refractivity contribution in [3.8, 4) is 0 Å². The highest BCUT2D eigenvalue weighted by Crippen LogP contribution is 2.50. The molecule has 1 spiro atoms. The van der Waals surface area contributed by atoms with E-state index in [4.69, 9.17) is 46.7 Å². The quantitative estimate of drug-likeness (QED) is 0.113. The number of cyclic esters (lactones) is 3. The number of aliphatic carboxylic acids is 1. The van der Waals surface area contributed by atoms with E-state index in [1.807, 2.05) is 18.2 Å². The van der Waals surface area contributed by atoms with Crippen molar-refractivity contribution in [2.24, 2.45) is 11.8 Å². The summed E-state index contributed by atoms with van der Waals surface area (Å²) in [7, 11) is -4.67. The van der Waals surface area contributed by atoms with Gasteiger partial charge in [0.1, 0.15) is 37.3 Å². The van der Waals surface area contributed by atoms with Gasteiger partial charge < -0.3 is 33.9 Å². The van der Waals surface area contributed by atoms with E-state index >= 15 is 0 Å². The van der Waals surface area contributed by atoms with E-state index in [1.54, 1.807) is 30.4 Å². The number of carboxylic acid groups (broad SMARTS) is 2. The Labute approximate surface area is 276 Å². The number of hydrogen-bond acceptors (Lipinski definition) is 14. The molecule has 4 atom stereocenters. The number of esters is 5. The molecule has 0 saturated carbocycles. The molecule has 2 saturated heterocycles. The fourth-order valence-corrected chi connectivity index (χ4v) is 5.15. The lowest BCUT2D eigenvalue weighted by Gasteiger charge is -2.19. The average molecular weight is 709 g/mol. The fraction of sp³-hybridized carbons (Fsp3) is 0.300. The van der Waals surface area contributed by atoms with Crippen LogP contribution in [-0.2, 0) is 66.5 Å². The van der Waals surface area contributed by atoms with Crippen LogP contribution in [0, 0.1) is 11.8 Å². The van der Waals surface area contributed by atoms with Gasteiger partial charge in [-0.3, -0.25) is 28.3 Å². The van der Waals surface area contributed by atoms with Gasteiger partial charge >= 0.3 is 52.2 Å². The summed E-state index contributed by atoms with van der Waals surface area (Å²) in [5.74, 6) is -5.86. The first kappa shape index (κ1) is 38.0. The predicted molar refractivity (Wildman–Crippen MR) is 157 cm³/mol. The van der Waals surface area contributed by atoms with Gasteiger partial charge in [-0.2, -0.15) is 8.42 Å². The van der Waals surface area contributed by atoms with Crippen LogP contribution in [0.2, 0.25) is 0 Å². The fourth-order valence-electron chi connectivity index (χ4n) is 5.15. The molecule has 4 N–H and O–H groups in total.